The maximum Gasteiger partial charge on any atom is 0.255 e. The number of nitrogens with zero attached hydrogens (tertiary/aromatic N) is 3. The normalized spacial score (nSPS) is 14.1. The van der Waals surface area contributed by atoms with Crippen molar-refractivity contribution >= 4 is 29.3 Å². The lowest BCUT2D eigenvalue weighted by Gasteiger charge is -2.29. The molecule has 0 saturated carbocycles. The molecule has 2 heterocycles. The number of nitrogens with one attached hydrogen (secondary N) is 2. The highest BCUT2D eigenvalue weighted by Gasteiger charge is 2.34. The quantitative estimate of drug-likeness (QED) is 0.166. The first kappa shape index (κ1) is 28.3. The van der Waals surface area contributed by atoms with Crippen LogP contribution in [-0.4, -0.2) is 27.3 Å². The number of carbonyl (C=O) groups is 1. The van der Waals surface area contributed by atoms with Gasteiger partial charge in [-0.05, 0) is 54.3 Å². The van der Waals surface area contributed by atoms with Gasteiger partial charge in [0.15, 0.2) is 0 Å². The summed E-state index contributed by atoms with van der Waals surface area (Å²) in [4.78, 5) is 18.7. The van der Waals surface area contributed by atoms with Crippen LogP contribution in [-0.2, 0) is 17.0 Å². The number of anilines is 2. The van der Waals surface area contributed by atoms with Crippen LogP contribution in [0.5, 0.6) is 5.75 Å². The molecule has 1 aliphatic heterocycles. The van der Waals surface area contributed by atoms with Gasteiger partial charge in [0.2, 0.25) is 11.1 Å². The zero-order chi connectivity index (χ0) is 29.6. The Labute approximate surface area is 256 Å². The van der Waals surface area contributed by atoms with E-state index in [4.69, 9.17) is 14.8 Å². The van der Waals surface area contributed by atoms with Crippen LogP contribution in [0.3, 0.4) is 0 Å². The Balaban J connectivity index is 1.27. The minimum Gasteiger partial charge on any atom is -0.493 e. The summed E-state index contributed by atoms with van der Waals surface area (Å²) >= 11 is 1.57. The van der Waals surface area contributed by atoms with Crippen LogP contribution in [0.2, 0.25) is 0 Å². The molecule has 1 unspecified atom stereocenters. The number of hydrogen-bond acceptors (Lipinski definition) is 6. The van der Waals surface area contributed by atoms with Crippen molar-refractivity contribution in [3.8, 4) is 5.75 Å². The van der Waals surface area contributed by atoms with Crippen molar-refractivity contribution in [1.82, 2.24) is 14.8 Å². The Morgan fingerprint density at radius 1 is 0.884 bits per heavy atom. The average Bonchev–Trinajstić information content (AvgIpc) is 3.44. The van der Waals surface area contributed by atoms with Gasteiger partial charge in [0.25, 0.3) is 5.91 Å². The summed E-state index contributed by atoms with van der Waals surface area (Å²) < 4.78 is 7.86. The first-order chi connectivity index (χ1) is 21.0. The molecule has 0 aliphatic carbocycles. The van der Waals surface area contributed by atoms with Crippen molar-refractivity contribution < 1.29 is 9.53 Å². The first-order valence-electron chi connectivity index (χ1n) is 14.3. The molecule has 0 saturated heterocycles. The third kappa shape index (κ3) is 6.65. The molecular weight excluding hydrogens is 554 g/mol. The summed E-state index contributed by atoms with van der Waals surface area (Å²) in [6, 6.07) is 35.8. The molecule has 7 nitrogen and oxygen atoms in total. The number of aryl methyl sites for hydroxylation is 1. The summed E-state index contributed by atoms with van der Waals surface area (Å²) in [5.41, 5.74) is 6.43. The minimum atomic E-state index is -0.475. The molecule has 8 heteroatoms. The van der Waals surface area contributed by atoms with Crippen LogP contribution >= 0.6 is 11.8 Å². The molecule has 0 radical (unpaired) electrons. The lowest BCUT2D eigenvalue weighted by molar-refractivity contribution is -0.113. The van der Waals surface area contributed by atoms with Crippen LogP contribution in [0, 0.1) is 6.92 Å². The van der Waals surface area contributed by atoms with Crippen molar-refractivity contribution in [3.05, 3.63) is 143 Å². The van der Waals surface area contributed by atoms with Crippen molar-refractivity contribution in [3.63, 3.8) is 0 Å². The fourth-order valence-corrected chi connectivity index (χ4v) is 5.88. The SMILES string of the molecule is CC1=C(C(=O)Nc2ccccc2C)C(c2ccc(OCCc3ccccc3)cc2)n2nc(SCc3ccccc3)nc2N1. The molecule has 2 N–H and O–H groups in total. The van der Waals surface area contributed by atoms with E-state index in [1.807, 2.05) is 103 Å². The number of benzene rings is 4. The molecule has 4 aromatic carbocycles. The summed E-state index contributed by atoms with van der Waals surface area (Å²) in [6.45, 7) is 4.47. The van der Waals surface area contributed by atoms with Gasteiger partial charge in [0.05, 0.1) is 12.2 Å². The van der Waals surface area contributed by atoms with Gasteiger partial charge in [-0.2, -0.15) is 4.98 Å². The highest BCUT2D eigenvalue weighted by Crippen LogP contribution is 2.37. The Hall–Kier alpha value is -4.82. The van der Waals surface area contributed by atoms with Crippen molar-refractivity contribution in [1.29, 1.82) is 0 Å². The summed E-state index contributed by atoms with van der Waals surface area (Å²) in [5, 5.41) is 12.0. The number of aromatic nitrogens is 3. The molecule has 6 rings (SSSR count). The van der Waals surface area contributed by atoms with E-state index in [2.05, 4.69) is 34.9 Å². The highest BCUT2D eigenvalue weighted by molar-refractivity contribution is 7.98. The molecule has 216 valence electrons. The molecule has 5 aromatic rings. The van der Waals surface area contributed by atoms with Crippen molar-refractivity contribution in [2.45, 2.75) is 37.2 Å². The lowest BCUT2D eigenvalue weighted by Crippen LogP contribution is -2.31. The lowest BCUT2D eigenvalue weighted by atomic mass is 9.95. The molecule has 0 spiro atoms. The maximum absolute atomic E-state index is 13.9. The first-order valence-corrected chi connectivity index (χ1v) is 15.3. The number of para-hydroxylation sites is 1. The Morgan fingerprint density at radius 2 is 1.56 bits per heavy atom. The minimum absolute atomic E-state index is 0.188. The number of thioether (sulfide) groups is 1. The molecular formula is C35H33N5O2S. The van der Waals surface area contributed by atoms with Gasteiger partial charge in [-0.15, -0.1) is 5.10 Å². The Morgan fingerprint density at radius 3 is 2.28 bits per heavy atom. The number of hydrogen-bond donors (Lipinski definition) is 2. The van der Waals surface area contributed by atoms with Crippen molar-refractivity contribution in [2.75, 3.05) is 17.2 Å². The Bertz CT molecular complexity index is 1730. The molecule has 43 heavy (non-hydrogen) atoms. The predicted octanol–water partition coefficient (Wildman–Crippen LogP) is 7.43. The van der Waals surface area contributed by atoms with Gasteiger partial charge in [-0.1, -0.05) is 103 Å². The van der Waals surface area contributed by atoms with Gasteiger partial charge in [-0.25, -0.2) is 4.68 Å². The molecule has 0 fully saturated rings. The molecule has 1 aliphatic rings. The number of carbonyl (C=O) groups excluding carboxylic acids is 1. The molecule has 0 bridgehead atoms. The molecule has 1 atom stereocenters. The second kappa shape index (κ2) is 13.0. The topological polar surface area (TPSA) is 81.1 Å². The van der Waals surface area contributed by atoms with Gasteiger partial charge in [0, 0.05) is 23.6 Å². The smallest absolute Gasteiger partial charge is 0.255 e. The highest BCUT2D eigenvalue weighted by atomic mass is 32.2. The summed E-state index contributed by atoms with van der Waals surface area (Å²) in [7, 11) is 0. The van der Waals surface area contributed by atoms with E-state index >= 15 is 0 Å². The largest absolute Gasteiger partial charge is 0.493 e. The van der Waals surface area contributed by atoms with E-state index < -0.39 is 6.04 Å². The summed E-state index contributed by atoms with van der Waals surface area (Å²) in [6.07, 6.45) is 0.827. The second-order valence-electron chi connectivity index (χ2n) is 10.4. The third-order valence-electron chi connectivity index (χ3n) is 7.38. The number of ether oxygens (including phenoxy) is 1. The fraction of sp³-hybridized carbons (Fsp3) is 0.171. The van der Waals surface area contributed by atoms with E-state index in [0.717, 1.165) is 40.4 Å². The van der Waals surface area contributed by atoms with Gasteiger partial charge in [0.1, 0.15) is 11.8 Å². The maximum atomic E-state index is 13.9. The van der Waals surface area contributed by atoms with Crippen LogP contribution in [0.25, 0.3) is 0 Å². The predicted molar refractivity (Wildman–Crippen MR) is 172 cm³/mol. The van der Waals surface area contributed by atoms with Crippen LogP contribution in [0.1, 0.15) is 35.2 Å². The molecule has 1 aromatic heterocycles. The zero-order valence-electron chi connectivity index (χ0n) is 24.2. The number of amides is 1. The molecule has 1 amide bonds. The van der Waals surface area contributed by atoms with E-state index in [1.165, 1.54) is 11.1 Å². The van der Waals surface area contributed by atoms with Crippen LogP contribution in [0.4, 0.5) is 11.6 Å². The van der Waals surface area contributed by atoms with Crippen LogP contribution < -0.4 is 15.4 Å². The Kier molecular flexibility index (Phi) is 8.56. The number of allylic oxidation sites excluding steroid dienone is 1. The summed E-state index contributed by atoms with van der Waals surface area (Å²) in [5.74, 6) is 1.94. The fourth-order valence-electron chi connectivity index (χ4n) is 5.10. The zero-order valence-corrected chi connectivity index (χ0v) is 25.0. The average molecular weight is 588 g/mol. The van der Waals surface area contributed by atoms with E-state index in [-0.39, 0.29) is 5.91 Å². The van der Waals surface area contributed by atoms with E-state index in [0.29, 0.717) is 23.3 Å². The van der Waals surface area contributed by atoms with E-state index in [9.17, 15) is 4.79 Å². The second-order valence-corrected chi connectivity index (χ2v) is 11.4. The standard InChI is InChI=1S/C35H33N5O2S/c1-24-11-9-10-16-30(24)37-33(41)31-25(2)36-34-38-35(43-23-27-14-7-4-8-15-27)39-40(34)32(31)28-17-19-29(20-18-28)42-22-21-26-12-5-3-6-13-26/h3-20,32H,21-23H2,1-2H3,(H,37,41)(H,36,38,39). The van der Waals surface area contributed by atoms with Crippen LogP contribution in [0.15, 0.2) is 126 Å². The number of rotatable bonds is 10. The van der Waals surface area contributed by atoms with Gasteiger partial charge >= 0.3 is 0 Å². The van der Waals surface area contributed by atoms with Gasteiger partial charge in [-0.3, -0.25) is 4.79 Å². The van der Waals surface area contributed by atoms with Crippen molar-refractivity contribution in [2.24, 2.45) is 0 Å². The van der Waals surface area contributed by atoms with Gasteiger partial charge < -0.3 is 15.4 Å². The monoisotopic (exact) mass is 587 g/mol. The number of fused-ring (bicyclic) bond motifs is 1. The van der Waals surface area contributed by atoms with E-state index in [1.54, 1.807) is 11.8 Å². The third-order valence-corrected chi connectivity index (χ3v) is 8.29.